The topological polar surface area (TPSA) is 36.0 Å². The molecule has 0 bridgehead atoms. The van der Waals surface area contributed by atoms with Crippen LogP contribution in [0, 0.1) is 5.92 Å². The number of piperidine rings is 1. The van der Waals surface area contributed by atoms with Gasteiger partial charge in [0.1, 0.15) is 6.61 Å². The number of carbonyl (C=O) groups is 1. The van der Waals surface area contributed by atoms with E-state index in [0.29, 0.717) is 19.2 Å². The average Bonchev–Trinajstić information content (AvgIpc) is 3.58. The fraction of sp³-hybridized carbons (Fsp3) is 0.425. The number of amides is 1. The van der Waals surface area contributed by atoms with Crippen molar-refractivity contribution in [1.29, 1.82) is 0 Å². The molecule has 0 aromatic heterocycles. The Morgan fingerprint density at radius 3 is 2.17 bits per heavy atom. The Hall–Kier alpha value is -3.32. The fourth-order valence-corrected chi connectivity index (χ4v) is 7.96. The molecule has 1 aliphatic carbocycles. The molecule has 1 saturated carbocycles. The van der Waals surface area contributed by atoms with Gasteiger partial charge >= 0.3 is 6.09 Å². The molecule has 1 amide bonds. The van der Waals surface area contributed by atoms with E-state index in [2.05, 4.69) is 65.6 Å². The van der Waals surface area contributed by atoms with E-state index in [1.807, 2.05) is 83.6 Å². The third kappa shape index (κ3) is 10.1. The molecule has 0 spiro atoms. The van der Waals surface area contributed by atoms with Crippen LogP contribution in [0.4, 0.5) is 4.79 Å². The number of likely N-dealkylation sites (tertiary alicyclic amines) is 1. The summed E-state index contributed by atoms with van der Waals surface area (Å²) < 4.78 is 8.18. The summed E-state index contributed by atoms with van der Waals surface area (Å²) in [5.74, 6) is 1.90. The van der Waals surface area contributed by atoms with Crippen LogP contribution in [0.25, 0.3) is 10.8 Å². The molecule has 0 N–H and O–H groups in total. The molecule has 2 unspecified atom stereocenters. The van der Waals surface area contributed by atoms with Crippen LogP contribution in [0.2, 0.25) is 0 Å². The second-order valence-corrected chi connectivity index (χ2v) is 13.9. The zero-order valence-corrected chi connectivity index (χ0v) is 28.5. The molecule has 4 aromatic carbocycles. The van der Waals surface area contributed by atoms with E-state index in [-0.39, 0.29) is 12.1 Å². The van der Waals surface area contributed by atoms with Gasteiger partial charge in [0.15, 0.2) is 0 Å². The van der Waals surface area contributed by atoms with Gasteiger partial charge in [-0.15, -0.1) is 0 Å². The lowest BCUT2D eigenvalue weighted by Crippen LogP contribution is -2.48. The summed E-state index contributed by atoms with van der Waals surface area (Å²) in [7, 11) is 2.29. The number of rotatable bonds is 11. The van der Waals surface area contributed by atoms with Crippen LogP contribution in [0.5, 0.6) is 0 Å². The zero-order chi connectivity index (χ0) is 32.0. The van der Waals surface area contributed by atoms with Crippen molar-refractivity contribution in [3.63, 3.8) is 0 Å². The largest absolute Gasteiger partial charge is 0.445 e. The summed E-state index contributed by atoms with van der Waals surface area (Å²) in [6.45, 7) is 6.45. The first kappa shape index (κ1) is 34.0. The summed E-state index contributed by atoms with van der Waals surface area (Å²) in [5, 5.41) is 2.73. The number of fused-ring (bicyclic) bond motifs is 1. The Morgan fingerprint density at radius 2 is 1.46 bits per heavy atom. The van der Waals surface area contributed by atoms with Crippen molar-refractivity contribution in [2.24, 2.45) is 5.92 Å². The minimum absolute atomic E-state index is 0.176. The van der Waals surface area contributed by atoms with E-state index >= 15 is 0 Å². The third-order valence-electron chi connectivity index (χ3n) is 9.54. The van der Waals surface area contributed by atoms with Crippen LogP contribution in [0.3, 0.4) is 0 Å². The molecule has 5 nitrogen and oxygen atoms in total. The Morgan fingerprint density at radius 1 is 0.804 bits per heavy atom. The zero-order valence-electron chi connectivity index (χ0n) is 27.7. The van der Waals surface area contributed by atoms with Crippen molar-refractivity contribution in [3.8, 4) is 0 Å². The lowest BCUT2D eigenvalue weighted by molar-refractivity contribution is 0.0606. The summed E-state index contributed by atoms with van der Waals surface area (Å²) >= 11 is 2.01. The molecular weight excluding hydrogens is 587 g/mol. The second-order valence-electron chi connectivity index (χ2n) is 12.6. The lowest BCUT2D eigenvalue weighted by atomic mass is 10.0. The third-order valence-corrected chi connectivity index (χ3v) is 10.6. The summed E-state index contributed by atoms with van der Waals surface area (Å²) in [5.41, 5.74) is 2.49. The molecule has 2 atom stereocenters. The van der Waals surface area contributed by atoms with Crippen LogP contribution >= 0.6 is 11.9 Å². The summed E-state index contributed by atoms with van der Waals surface area (Å²) in [6, 6.07) is 38.3. The van der Waals surface area contributed by atoms with E-state index in [0.717, 1.165) is 49.6 Å². The van der Waals surface area contributed by atoms with E-state index in [9.17, 15) is 4.79 Å². The molecule has 1 saturated heterocycles. The van der Waals surface area contributed by atoms with Crippen molar-refractivity contribution in [2.45, 2.75) is 64.1 Å². The number of nitrogens with zero attached hydrogens (tertiary/aromatic N) is 3. The van der Waals surface area contributed by atoms with Gasteiger partial charge < -0.3 is 14.5 Å². The van der Waals surface area contributed by atoms with Crippen molar-refractivity contribution < 1.29 is 9.53 Å². The molecular formula is C40H51N3O2S. The molecule has 2 aliphatic rings. The molecule has 1 heterocycles. The number of hydrogen-bond acceptors (Lipinski definition) is 5. The highest BCUT2D eigenvalue weighted by molar-refractivity contribution is 7.97. The Kier molecular flexibility index (Phi) is 13.4. The molecule has 6 rings (SSSR count). The second kappa shape index (κ2) is 18.1. The highest BCUT2D eigenvalue weighted by atomic mass is 32.2. The van der Waals surface area contributed by atoms with Gasteiger partial charge in [-0.3, -0.25) is 4.31 Å². The first-order chi connectivity index (χ1) is 22.6. The SMILES string of the molecule is CCN(C(=O)OCc1ccccc1)C1CCN(CC2CCC(N(C)SCCc3cccc4ccccc34)C2)CC1.c1ccccc1. The monoisotopic (exact) mass is 637 g/mol. The molecule has 2 fully saturated rings. The predicted molar refractivity (Wildman–Crippen MR) is 194 cm³/mol. The average molecular weight is 638 g/mol. The number of benzene rings is 4. The van der Waals surface area contributed by atoms with Crippen molar-refractivity contribution in [3.05, 3.63) is 120 Å². The van der Waals surface area contributed by atoms with Gasteiger partial charge in [0.2, 0.25) is 0 Å². The molecule has 244 valence electrons. The van der Waals surface area contributed by atoms with Gasteiger partial charge in [0.05, 0.1) is 0 Å². The molecule has 1 aliphatic heterocycles. The van der Waals surface area contributed by atoms with Crippen LogP contribution in [0.15, 0.2) is 109 Å². The molecule has 4 aromatic rings. The van der Waals surface area contributed by atoms with E-state index in [1.54, 1.807) is 0 Å². The van der Waals surface area contributed by atoms with Crippen LogP contribution in [-0.2, 0) is 17.8 Å². The first-order valence-electron chi connectivity index (χ1n) is 17.1. The highest BCUT2D eigenvalue weighted by Gasteiger charge is 2.32. The van der Waals surface area contributed by atoms with Gasteiger partial charge in [-0.25, -0.2) is 4.79 Å². The Bertz CT molecular complexity index is 1410. The van der Waals surface area contributed by atoms with Crippen LogP contribution in [0.1, 0.15) is 50.2 Å². The fourth-order valence-electron chi connectivity index (χ4n) is 6.96. The number of ether oxygens (including phenoxy) is 1. The lowest BCUT2D eigenvalue weighted by Gasteiger charge is -2.38. The molecule has 0 radical (unpaired) electrons. The number of hydrogen-bond donors (Lipinski definition) is 0. The van der Waals surface area contributed by atoms with Crippen LogP contribution in [-0.4, -0.2) is 71.3 Å². The number of aryl methyl sites for hydroxylation is 1. The van der Waals surface area contributed by atoms with E-state index in [4.69, 9.17) is 4.74 Å². The van der Waals surface area contributed by atoms with Gasteiger partial charge in [0, 0.05) is 44.0 Å². The van der Waals surface area contributed by atoms with E-state index < -0.39 is 0 Å². The smallest absolute Gasteiger partial charge is 0.410 e. The maximum atomic E-state index is 12.8. The first-order valence-corrected chi connectivity index (χ1v) is 18.1. The van der Waals surface area contributed by atoms with Crippen molar-refractivity contribution in [1.82, 2.24) is 14.1 Å². The summed E-state index contributed by atoms with van der Waals surface area (Å²) in [6.07, 6.45) is 6.93. The highest BCUT2D eigenvalue weighted by Crippen LogP contribution is 2.33. The van der Waals surface area contributed by atoms with Gasteiger partial charge in [-0.2, -0.15) is 0 Å². The molecule has 6 heteroatoms. The predicted octanol–water partition coefficient (Wildman–Crippen LogP) is 8.94. The Balaban J connectivity index is 0.000000624. The normalized spacial score (nSPS) is 18.7. The maximum absolute atomic E-state index is 12.8. The van der Waals surface area contributed by atoms with E-state index in [1.165, 1.54) is 42.1 Å². The van der Waals surface area contributed by atoms with Gasteiger partial charge in [0.25, 0.3) is 0 Å². The van der Waals surface area contributed by atoms with Gasteiger partial charge in [-0.1, -0.05) is 121 Å². The van der Waals surface area contributed by atoms with Crippen molar-refractivity contribution >= 4 is 28.8 Å². The summed E-state index contributed by atoms with van der Waals surface area (Å²) in [4.78, 5) is 17.4. The quantitative estimate of drug-likeness (QED) is 0.154. The van der Waals surface area contributed by atoms with Crippen molar-refractivity contribution in [2.75, 3.05) is 39.0 Å². The van der Waals surface area contributed by atoms with Gasteiger partial charge in [-0.05, 0) is 80.3 Å². The maximum Gasteiger partial charge on any atom is 0.410 e. The number of carbonyl (C=O) groups excluding carboxylic acids is 1. The molecule has 46 heavy (non-hydrogen) atoms. The minimum Gasteiger partial charge on any atom is -0.445 e. The Labute approximate surface area is 281 Å². The standard InChI is InChI=1S/C34H45N3O2S.C6H6/c1-3-37(34(38)39-26-27-10-5-4-6-11-27)31-18-21-36(22-19-31)25-28-16-17-32(24-28)35(2)40-23-20-30-14-9-13-29-12-7-8-15-33(29)30;1-2-4-6-5-3-1/h4-15,28,31-32H,3,16-26H2,1-2H3;1-6H. The minimum atomic E-state index is -0.176. The van der Waals surface area contributed by atoms with Crippen LogP contribution < -0.4 is 0 Å².